The Bertz CT molecular complexity index is 1250. The summed E-state index contributed by atoms with van der Waals surface area (Å²) in [6.45, 7) is 5.15. The summed E-state index contributed by atoms with van der Waals surface area (Å²) in [5.74, 6) is -0.530. The van der Waals surface area contributed by atoms with E-state index >= 15 is 4.39 Å². The van der Waals surface area contributed by atoms with Gasteiger partial charge in [0, 0.05) is 31.1 Å². The van der Waals surface area contributed by atoms with Gasteiger partial charge in [0.2, 0.25) is 5.91 Å². The number of alkyl halides is 1. The molecule has 0 radical (unpaired) electrons. The lowest BCUT2D eigenvalue weighted by Crippen LogP contribution is -2.43. The molecule has 1 saturated heterocycles. The summed E-state index contributed by atoms with van der Waals surface area (Å²) in [6, 6.07) is 0. The first-order chi connectivity index (χ1) is 18.3. The van der Waals surface area contributed by atoms with Crippen LogP contribution in [0.15, 0.2) is 18.5 Å². The van der Waals surface area contributed by atoms with Crippen molar-refractivity contribution in [3.63, 3.8) is 0 Å². The second kappa shape index (κ2) is 10.7. The normalized spacial score (nSPS) is 20.7. The van der Waals surface area contributed by atoms with Crippen molar-refractivity contribution in [3.8, 4) is 0 Å². The molecule has 204 valence electrons. The highest BCUT2D eigenvalue weighted by molar-refractivity contribution is 6.11. The number of pyridine rings is 1. The van der Waals surface area contributed by atoms with Gasteiger partial charge in [-0.05, 0) is 51.9 Å². The molecule has 5 rings (SSSR count). The largest absolute Gasteiger partial charge is 0.381 e. The fourth-order valence-corrected chi connectivity index (χ4v) is 5.64. The maximum absolute atomic E-state index is 15.1. The Balaban J connectivity index is 1.36. The van der Waals surface area contributed by atoms with Crippen molar-refractivity contribution >= 4 is 34.7 Å². The van der Waals surface area contributed by atoms with Crippen LogP contribution in [0.4, 0.5) is 26.1 Å². The molecule has 2 amide bonds. The number of carbonyl (C=O) groups is 2. The van der Waals surface area contributed by atoms with Gasteiger partial charge in [-0.15, -0.1) is 0 Å². The number of likely N-dealkylation sites (tertiary alicyclic amines) is 1. The van der Waals surface area contributed by atoms with E-state index in [0.717, 1.165) is 32.1 Å². The van der Waals surface area contributed by atoms with Crippen LogP contribution in [0, 0.1) is 11.7 Å². The fourth-order valence-electron chi connectivity index (χ4n) is 5.64. The lowest BCUT2D eigenvalue weighted by molar-refractivity contribution is -0.136. The summed E-state index contributed by atoms with van der Waals surface area (Å²) in [6.07, 6.45) is 5.38. The first-order valence-electron chi connectivity index (χ1n) is 13.1. The third kappa shape index (κ3) is 4.96. The van der Waals surface area contributed by atoms with Gasteiger partial charge in [-0.1, -0.05) is 6.08 Å². The first kappa shape index (κ1) is 26.1. The standard InChI is InChI=1S/C26H34F2N8O2/c1-3-34-14-18(27)15-36-25(34)22(23(29)32-36)24(37)31-20-13-30-12-19(28)21(20)16-6-10-35(11-7-16)26(38)17-4-8-33(2)9-5-17/h6,12-13,17-18H,3-5,7-11,14-15H2,1-2H3,(H2,29,32)(H,31,37). The van der Waals surface area contributed by atoms with E-state index in [0.29, 0.717) is 37.4 Å². The van der Waals surface area contributed by atoms with Crippen molar-refractivity contribution in [2.75, 3.05) is 62.3 Å². The highest BCUT2D eigenvalue weighted by atomic mass is 19.1. The topological polar surface area (TPSA) is 113 Å². The minimum atomic E-state index is -1.12. The molecule has 2 aromatic heterocycles. The molecule has 1 fully saturated rings. The van der Waals surface area contributed by atoms with Gasteiger partial charge in [0.15, 0.2) is 11.6 Å². The highest BCUT2D eigenvalue weighted by Gasteiger charge is 2.33. The molecule has 2 aromatic rings. The summed E-state index contributed by atoms with van der Waals surface area (Å²) < 4.78 is 30.7. The predicted molar refractivity (Wildman–Crippen MR) is 141 cm³/mol. The third-order valence-corrected chi connectivity index (χ3v) is 7.71. The lowest BCUT2D eigenvalue weighted by Gasteiger charge is -2.34. The maximum atomic E-state index is 15.1. The zero-order valence-corrected chi connectivity index (χ0v) is 21.8. The van der Waals surface area contributed by atoms with Crippen LogP contribution in [0.5, 0.6) is 0 Å². The zero-order valence-electron chi connectivity index (χ0n) is 21.8. The molecule has 10 nitrogen and oxygen atoms in total. The molecule has 3 aliphatic heterocycles. The number of halogens is 2. The quantitative estimate of drug-likeness (QED) is 0.613. The summed E-state index contributed by atoms with van der Waals surface area (Å²) in [7, 11) is 2.06. The van der Waals surface area contributed by atoms with E-state index in [-0.39, 0.29) is 47.5 Å². The minimum Gasteiger partial charge on any atom is -0.381 e. The number of aromatic nitrogens is 3. The number of nitrogens with one attached hydrogen (secondary N) is 1. The number of hydrogen-bond donors (Lipinski definition) is 2. The molecule has 38 heavy (non-hydrogen) atoms. The highest BCUT2D eigenvalue weighted by Crippen LogP contribution is 2.34. The number of nitrogen functional groups attached to an aromatic ring is 1. The molecule has 0 spiro atoms. The van der Waals surface area contributed by atoms with Gasteiger partial charge in [-0.2, -0.15) is 5.10 Å². The number of nitrogens with zero attached hydrogens (tertiary/aromatic N) is 6. The second-order valence-electron chi connectivity index (χ2n) is 10.2. The Labute approximate surface area is 220 Å². The zero-order chi connectivity index (χ0) is 27.0. The number of anilines is 3. The molecule has 3 aliphatic rings. The first-order valence-corrected chi connectivity index (χ1v) is 13.1. The van der Waals surface area contributed by atoms with Gasteiger partial charge < -0.3 is 25.8 Å². The molecule has 1 unspecified atom stereocenters. The fraction of sp³-hybridized carbons (Fsp3) is 0.538. The summed E-state index contributed by atoms with van der Waals surface area (Å²) in [4.78, 5) is 36.1. The van der Waals surface area contributed by atoms with Crippen molar-refractivity contribution in [1.82, 2.24) is 24.6 Å². The van der Waals surface area contributed by atoms with Gasteiger partial charge in [0.05, 0.1) is 31.2 Å². The van der Waals surface area contributed by atoms with Crippen molar-refractivity contribution in [1.29, 1.82) is 0 Å². The van der Waals surface area contributed by atoms with Crippen LogP contribution >= 0.6 is 0 Å². The minimum absolute atomic E-state index is 0.00967. The molecule has 12 heteroatoms. The third-order valence-electron chi connectivity index (χ3n) is 7.71. The van der Waals surface area contributed by atoms with Gasteiger partial charge in [0.1, 0.15) is 17.6 Å². The molecule has 0 aliphatic carbocycles. The van der Waals surface area contributed by atoms with Crippen LogP contribution in [-0.4, -0.2) is 88.9 Å². The van der Waals surface area contributed by atoms with Crippen LogP contribution in [0.25, 0.3) is 5.57 Å². The molecule has 0 bridgehead atoms. The Hall–Kier alpha value is -3.54. The van der Waals surface area contributed by atoms with E-state index in [9.17, 15) is 14.0 Å². The van der Waals surface area contributed by atoms with Crippen LogP contribution in [0.2, 0.25) is 0 Å². The van der Waals surface area contributed by atoms with E-state index in [1.807, 2.05) is 17.9 Å². The van der Waals surface area contributed by atoms with Crippen LogP contribution in [-0.2, 0) is 11.3 Å². The average molecular weight is 529 g/mol. The van der Waals surface area contributed by atoms with Crippen LogP contribution in [0.3, 0.4) is 0 Å². The molecule has 0 aromatic carbocycles. The van der Waals surface area contributed by atoms with Gasteiger partial charge in [-0.3, -0.25) is 14.6 Å². The second-order valence-corrected chi connectivity index (χ2v) is 10.2. The number of fused-ring (bicyclic) bond motifs is 1. The SMILES string of the molecule is CCN1CC(F)Cn2nc(N)c(C(=O)Nc3cncc(F)c3C3=CCN(C(=O)C4CCN(C)CC4)CC3)c21. The number of nitrogens with two attached hydrogens (primary N) is 1. The molecule has 5 heterocycles. The molecule has 3 N–H and O–H groups in total. The Kier molecular flexibility index (Phi) is 7.33. The van der Waals surface area contributed by atoms with Crippen molar-refractivity contribution in [2.24, 2.45) is 5.92 Å². The number of rotatable bonds is 5. The van der Waals surface area contributed by atoms with Gasteiger partial charge in [0.25, 0.3) is 5.91 Å². The molecule has 1 atom stereocenters. The van der Waals surface area contributed by atoms with Crippen molar-refractivity contribution < 1.29 is 18.4 Å². The maximum Gasteiger partial charge on any atom is 0.263 e. The number of hydrogen-bond acceptors (Lipinski definition) is 7. The Morgan fingerprint density at radius 1 is 1.18 bits per heavy atom. The van der Waals surface area contributed by atoms with Gasteiger partial charge >= 0.3 is 0 Å². The van der Waals surface area contributed by atoms with E-state index in [1.54, 1.807) is 4.90 Å². The number of amides is 2. The smallest absolute Gasteiger partial charge is 0.263 e. The van der Waals surface area contributed by atoms with E-state index in [4.69, 9.17) is 5.73 Å². The summed E-state index contributed by atoms with van der Waals surface area (Å²) in [5.41, 5.74) is 7.36. The monoisotopic (exact) mass is 528 g/mol. The van der Waals surface area contributed by atoms with Gasteiger partial charge in [-0.25, -0.2) is 13.5 Å². The summed E-state index contributed by atoms with van der Waals surface area (Å²) in [5, 5.41) is 6.94. The molecule has 0 saturated carbocycles. The van der Waals surface area contributed by atoms with Crippen LogP contribution < -0.4 is 16.0 Å². The van der Waals surface area contributed by atoms with Crippen LogP contribution in [0.1, 0.15) is 42.1 Å². The molecular weight excluding hydrogens is 494 g/mol. The van der Waals surface area contributed by atoms with Crippen molar-refractivity contribution in [2.45, 2.75) is 38.9 Å². The van der Waals surface area contributed by atoms with E-state index in [2.05, 4.69) is 27.3 Å². The van der Waals surface area contributed by atoms with Crippen molar-refractivity contribution in [3.05, 3.63) is 35.4 Å². The Morgan fingerprint density at radius 3 is 2.63 bits per heavy atom. The van der Waals surface area contributed by atoms with E-state index < -0.39 is 17.9 Å². The lowest BCUT2D eigenvalue weighted by atomic mass is 9.93. The molecular formula is C26H34F2N8O2. The Morgan fingerprint density at radius 2 is 1.95 bits per heavy atom. The average Bonchev–Trinajstić information content (AvgIpc) is 3.24. The summed E-state index contributed by atoms with van der Waals surface area (Å²) >= 11 is 0. The number of carbonyl (C=O) groups excluding carboxylic acids is 2. The number of piperidine rings is 1. The van der Waals surface area contributed by atoms with E-state index in [1.165, 1.54) is 10.9 Å². The predicted octanol–water partition coefficient (Wildman–Crippen LogP) is 2.39.